The zero-order chi connectivity index (χ0) is 30.4. The zero-order valence-corrected chi connectivity index (χ0v) is 25.8. The van der Waals surface area contributed by atoms with Crippen molar-refractivity contribution in [3.63, 3.8) is 0 Å². The number of methoxy groups -OCH3 is 1. The first-order valence-electron chi connectivity index (χ1n) is 13.7. The van der Waals surface area contributed by atoms with Gasteiger partial charge in [0.25, 0.3) is 5.91 Å². The van der Waals surface area contributed by atoms with Gasteiger partial charge in [0.2, 0.25) is 17.6 Å². The quantitative estimate of drug-likeness (QED) is 0.208. The van der Waals surface area contributed by atoms with E-state index in [-0.39, 0.29) is 42.9 Å². The summed E-state index contributed by atoms with van der Waals surface area (Å²) in [7, 11) is 1.55. The summed E-state index contributed by atoms with van der Waals surface area (Å²) in [5.41, 5.74) is 4.20. The van der Waals surface area contributed by atoms with E-state index in [9.17, 15) is 24.0 Å². The van der Waals surface area contributed by atoms with Crippen LogP contribution in [0.5, 0.6) is 0 Å². The largest absolute Gasteiger partial charge is 0.383 e. The molecule has 0 aromatic rings. The van der Waals surface area contributed by atoms with Crippen LogP contribution in [0.1, 0.15) is 60.8 Å². The number of nitrogens with two attached hydrogens (primary N) is 1. The Balaban J connectivity index is 1.82. The second-order valence-electron chi connectivity index (χ2n) is 13.5. The number of carbonyl (C=O) groups excluding carboxylic acids is 5. The molecule has 226 valence electrons. The Bertz CT molecular complexity index is 1040. The van der Waals surface area contributed by atoms with Crippen LogP contribution in [0.15, 0.2) is 0 Å². The van der Waals surface area contributed by atoms with Gasteiger partial charge < -0.3 is 31.3 Å². The lowest BCUT2D eigenvalue weighted by atomic mass is 9.85. The molecule has 2 aliphatic carbocycles. The number of nitrogens with zero attached hydrogens (tertiary/aromatic N) is 1. The van der Waals surface area contributed by atoms with Crippen LogP contribution in [-0.2, 0) is 23.9 Å². The van der Waals surface area contributed by atoms with Crippen LogP contribution in [-0.4, -0.2) is 83.2 Å². The van der Waals surface area contributed by atoms with Gasteiger partial charge >= 0.3 is 6.03 Å². The van der Waals surface area contributed by atoms with Crippen molar-refractivity contribution in [1.29, 1.82) is 0 Å². The number of rotatable bonds is 11. The summed E-state index contributed by atoms with van der Waals surface area (Å²) < 4.78 is 4.05. The van der Waals surface area contributed by atoms with Crippen molar-refractivity contribution in [2.45, 2.75) is 89.3 Å². The van der Waals surface area contributed by atoms with Crippen LogP contribution in [0, 0.1) is 28.6 Å². The molecular formula is C27H43Cl2N5O6. The van der Waals surface area contributed by atoms with Crippen molar-refractivity contribution < 1.29 is 28.7 Å². The lowest BCUT2D eigenvalue weighted by molar-refractivity contribution is -0.144. The fourth-order valence-corrected chi connectivity index (χ4v) is 6.13. The summed E-state index contributed by atoms with van der Waals surface area (Å²) in [5.74, 6) is -3.83. The van der Waals surface area contributed by atoms with Gasteiger partial charge in [0, 0.05) is 25.5 Å². The Morgan fingerprint density at radius 1 is 1.00 bits per heavy atom. The molecule has 0 bridgehead atoms. The number of likely N-dealkylation sites (tertiary alicyclic amines) is 1. The number of piperidine rings is 1. The maximum atomic E-state index is 14.0. The first kappa shape index (κ1) is 32.4. The molecule has 3 aliphatic rings. The average Bonchev–Trinajstić information content (AvgIpc) is 3.67. The van der Waals surface area contributed by atoms with Crippen molar-refractivity contribution >= 4 is 52.7 Å². The second-order valence-corrected chi connectivity index (χ2v) is 14.9. The summed E-state index contributed by atoms with van der Waals surface area (Å²) in [5, 5.41) is 8.35. The van der Waals surface area contributed by atoms with Crippen LogP contribution in [0.25, 0.3) is 0 Å². The van der Waals surface area contributed by atoms with Gasteiger partial charge in [-0.3, -0.25) is 19.2 Å². The van der Waals surface area contributed by atoms with Gasteiger partial charge in [-0.15, -0.1) is 23.2 Å². The molecule has 1 aliphatic heterocycles. The summed E-state index contributed by atoms with van der Waals surface area (Å²) in [6.45, 7) is 11.7. The molecular weight excluding hydrogens is 561 g/mol. The standard InChI is InChI=1S/C27H43Cl2N5O6/c1-25(2,3)16(12-40-7)32-24(39)33-20(26(4,5)6)23(38)34-11-14-17(27(14,28)29)18(34)22(37)31-15(10-13-8-9-13)19(35)21(30)36/h13-18,20H,8-12H2,1-7H3,(H2,30,36)(H,31,37)(H2,32,33,39)/t14-,15?,16+,17?,18-,20+/m0/s1. The molecule has 1 heterocycles. The van der Waals surface area contributed by atoms with Crippen LogP contribution in [0.4, 0.5) is 4.79 Å². The molecule has 2 saturated carbocycles. The van der Waals surface area contributed by atoms with Crippen LogP contribution in [0.3, 0.4) is 0 Å². The number of hydrogen-bond acceptors (Lipinski definition) is 6. The third-order valence-electron chi connectivity index (χ3n) is 8.10. The summed E-state index contributed by atoms with van der Waals surface area (Å²) in [4.78, 5) is 66.2. The fraction of sp³-hybridized carbons (Fsp3) is 0.815. The second kappa shape index (κ2) is 11.6. The number of ether oxygens (including phenoxy) is 1. The molecule has 0 aromatic heterocycles. The lowest BCUT2D eigenvalue weighted by Crippen LogP contribution is -2.62. The van der Waals surface area contributed by atoms with E-state index in [4.69, 9.17) is 33.7 Å². The maximum absolute atomic E-state index is 14.0. The maximum Gasteiger partial charge on any atom is 0.315 e. The fourth-order valence-electron chi connectivity index (χ4n) is 5.30. The van der Waals surface area contributed by atoms with Gasteiger partial charge in [-0.1, -0.05) is 54.4 Å². The first-order valence-corrected chi connectivity index (χ1v) is 14.4. The van der Waals surface area contributed by atoms with E-state index in [1.54, 1.807) is 7.11 Å². The minimum atomic E-state index is -1.21. The van der Waals surface area contributed by atoms with Gasteiger partial charge in [0.1, 0.15) is 16.4 Å². The molecule has 5 N–H and O–H groups in total. The number of urea groups is 1. The number of amides is 5. The van der Waals surface area contributed by atoms with Gasteiger partial charge in [0.15, 0.2) is 0 Å². The molecule has 3 rings (SSSR count). The predicted octanol–water partition coefficient (Wildman–Crippen LogP) is 1.73. The van der Waals surface area contributed by atoms with Gasteiger partial charge in [-0.2, -0.15) is 0 Å². The zero-order valence-electron chi connectivity index (χ0n) is 24.3. The monoisotopic (exact) mass is 603 g/mol. The van der Waals surface area contributed by atoms with Crippen molar-refractivity contribution in [3.8, 4) is 0 Å². The van der Waals surface area contributed by atoms with E-state index >= 15 is 0 Å². The predicted molar refractivity (Wildman–Crippen MR) is 150 cm³/mol. The molecule has 6 atom stereocenters. The third-order valence-corrected chi connectivity index (χ3v) is 9.16. The van der Waals surface area contributed by atoms with E-state index in [0.717, 1.165) is 12.8 Å². The molecule has 3 fully saturated rings. The average molecular weight is 605 g/mol. The molecule has 0 radical (unpaired) electrons. The lowest BCUT2D eigenvalue weighted by Gasteiger charge is -2.38. The minimum Gasteiger partial charge on any atom is -0.383 e. The number of hydrogen-bond donors (Lipinski definition) is 4. The van der Waals surface area contributed by atoms with Gasteiger partial charge in [0.05, 0.1) is 18.7 Å². The SMILES string of the molecule is COC[C@@H](NC(=O)N[C@H](C(=O)N1C[C@H]2C([C@H]1C(=O)NC(CC1CC1)C(=O)C(N)=O)C2(Cl)Cl)C(C)(C)C)C(C)(C)C. The first-order chi connectivity index (χ1) is 18.3. The minimum absolute atomic E-state index is 0.107. The number of fused-ring (bicyclic) bond motifs is 1. The Morgan fingerprint density at radius 3 is 2.08 bits per heavy atom. The Hall–Kier alpha value is -2.11. The normalized spacial score (nSPS) is 25.7. The van der Waals surface area contributed by atoms with Crippen LogP contribution < -0.4 is 21.7 Å². The number of ketones is 1. The third kappa shape index (κ3) is 7.20. The molecule has 1 saturated heterocycles. The highest BCUT2D eigenvalue weighted by Crippen LogP contribution is 2.65. The van der Waals surface area contributed by atoms with Crippen molar-refractivity contribution in [2.24, 2.45) is 34.3 Å². The highest BCUT2D eigenvalue weighted by Gasteiger charge is 2.74. The number of primary amides is 1. The van der Waals surface area contributed by atoms with E-state index in [2.05, 4.69) is 16.0 Å². The number of nitrogens with one attached hydrogen (secondary N) is 3. The van der Waals surface area contributed by atoms with Crippen molar-refractivity contribution in [3.05, 3.63) is 0 Å². The highest BCUT2D eigenvalue weighted by atomic mass is 35.5. The van der Waals surface area contributed by atoms with Gasteiger partial charge in [-0.05, 0) is 23.2 Å². The molecule has 0 spiro atoms. The van der Waals surface area contributed by atoms with E-state index in [0.29, 0.717) is 0 Å². The summed E-state index contributed by atoms with van der Waals surface area (Å²) >= 11 is 12.9. The topological polar surface area (TPSA) is 160 Å². The number of halogens is 2. The van der Waals surface area contributed by atoms with E-state index in [1.165, 1.54) is 4.90 Å². The van der Waals surface area contributed by atoms with Crippen molar-refractivity contribution in [2.75, 3.05) is 20.3 Å². The number of Topliss-reactive ketones (excluding diaryl/α,β-unsaturated/α-hetero) is 1. The molecule has 40 heavy (non-hydrogen) atoms. The molecule has 0 aromatic carbocycles. The van der Waals surface area contributed by atoms with E-state index in [1.807, 2.05) is 41.5 Å². The van der Waals surface area contributed by atoms with Gasteiger partial charge in [-0.25, -0.2) is 4.79 Å². The van der Waals surface area contributed by atoms with Crippen molar-refractivity contribution in [1.82, 2.24) is 20.9 Å². The van der Waals surface area contributed by atoms with Crippen LogP contribution in [0.2, 0.25) is 0 Å². The highest BCUT2D eigenvalue weighted by molar-refractivity contribution is 6.51. The Morgan fingerprint density at radius 2 is 1.60 bits per heavy atom. The molecule has 13 heteroatoms. The Kier molecular flexibility index (Phi) is 9.43. The van der Waals surface area contributed by atoms with E-state index < -0.39 is 63.3 Å². The molecule has 2 unspecified atom stereocenters. The number of alkyl halides is 2. The Labute approximate surface area is 245 Å². The molecule has 5 amide bonds. The molecule has 11 nitrogen and oxygen atoms in total. The smallest absolute Gasteiger partial charge is 0.315 e. The number of carbonyl (C=O) groups is 5. The van der Waals surface area contributed by atoms with Crippen LogP contribution >= 0.6 is 23.2 Å². The summed E-state index contributed by atoms with van der Waals surface area (Å²) in [6, 6.07) is -4.05. The summed E-state index contributed by atoms with van der Waals surface area (Å²) in [6.07, 6.45) is 2.08.